The fourth-order valence-electron chi connectivity index (χ4n) is 2.16. The third-order valence-corrected chi connectivity index (χ3v) is 4.45. The average molecular weight is 291 g/mol. The van der Waals surface area contributed by atoms with Crippen LogP contribution < -0.4 is 10.1 Å². The first-order valence-corrected chi connectivity index (χ1v) is 7.41. The summed E-state index contributed by atoms with van der Waals surface area (Å²) in [6, 6.07) is 8.47. The lowest BCUT2D eigenvalue weighted by molar-refractivity contribution is 0.401. The minimum atomic E-state index is 0.225. The number of benzene rings is 1. The van der Waals surface area contributed by atoms with Gasteiger partial charge in [0.2, 0.25) is 0 Å². The van der Waals surface area contributed by atoms with Crippen LogP contribution in [-0.4, -0.2) is 23.9 Å². The van der Waals surface area contributed by atoms with Gasteiger partial charge in [-0.15, -0.1) is 0 Å². The Labute approximate surface area is 124 Å². The fraction of sp³-hybridized carbons (Fsp3) is 0.400. The number of hydrogen-bond acceptors (Lipinski definition) is 4. The molecule has 0 fully saturated rings. The standard InChI is InChI=1S/C15H21N3OS/c1-10-9-14(18(4)17-10)20-13-8-6-7-12(19-5)15(13)11(2)16-3/h6-9,11,16H,1-5H3. The lowest BCUT2D eigenvalue weighted by atomic mass is 10.1. The summed E-state index contributed by atoms with van der Waals surface area (Å²) in [7, 11) is 5.64. The molecule has 0 spiro atoms. The van der Waals surface area contributed by atoms with Crippen molar-refractivity contribution in [2.75, 3.05) is 14.2 Å². The first-order valence-electron chi connectivity index (χ1n) is 6.59. The molecule has 4 nitrogen and oxygen atoms in total. The minimum Gasteiger partial charge on any atom is -0.496 e. The molecule has 1 unspecified atom stereocenters. The molecule has 0 saturated carbocycles. The maximum atomic E-state index is 5.51. The molecular weight excluding hydrogens is 270 g/mol. The van der Waals surface area contributed by atoms with E-state index in [2.05, 4.69) is 29.5 Å². The van der Waals surface area contributed by atoms with Crippen LogP contribution in [0.5, 0.6) is 5.75 Å². The van der Waals surface area contributed by atoms with Gasteiger partial charge in [0.1, 0.15) is 5.75 Å². The third-order valence-electron chi connectivity index (χ3n) is 3.29. The van der Waals surface area contributed by atoms with Crippen molar-refractivity contribution in [3.63, 3.8) is 0 Å². The van der Waals surface area contributed by atoms with Gasteiger partial charge in [-0.1, -0.05) is 17.8 Å². The summed E-state index contributed by atoms with van der Waals surface area (Å²) in [6.07, 6.45) is 0. The van der Waals surface area contributed by atoms with E-state index in [0.29, 0.717) is 0 Å². The lowest BCUT2D eigenvalue weighted by Crippen LogP contribution is -2.14. The molecule has 1 aromatic heterocycles. The highest BCUT2D eigenvalue weighted by Crippen LogP contribution is 2.38. The smallest absolute Gasteiger partial charge is 0.124 e. The molecule has 5 heteroatoms. The van der Waals surface area contributed by atoms with E-state index in [1.165, 1.54) is 10.5 Å². The topological polar surface area (TPSA) is 39.1 Å². The number of ether oxygens (including phenoxy) is 1. The summed E-state index contributed by atoms with van der Waals surface area (Å²) in [5.74, 6) is 0.913. The molecule has 1 aromatic carbocycles. The lowest BCUT2D eigenvalue weighted by Gasteiger charge is -2.18. The molecule has 1 heterocycles. The van der Waals surface area contributed by atoms with Gasteiger partial charge in [0, 0.05) is 23.5 Å². The molecule has 20 heavy (non-hydrogen) atoms. The van der Waals surface area contributed by atoms with Gasteiger partial charge >= 0.3 is 0 Å². The number of aromatic nitrogens is 2. The molecule has 0 saturated heterocycles. The van der Waals surface area contributed by atoms with E-state index in [9.17, 15) is 0 Å². The Morgan fingerprint density at radius 3 is 2.70 bits per heavy atom. The van der Waals surface area contributed by atoms with Gasteiger partial charge in [0.15, 0.2) is 0 Å². The molecule has 0 aliphatic rings. The zero-order chi connectivity index (χ0) is 14.7. The van der Waals surface area contributed by atoms with Crippen molar-refractivity contribution in [2.45, 2.75) is 29.8 Å². The quantitative estimate of drug-likeness (QED) is 0.918. The maximum absolute atomic E-state index is 5.51. The van der Waals surface area contributed by atoms with Gasteiger partial charge in [0.25, 0.3) is 0 Å². The monoisotopic (exact) mass is 291 g/mol. The highest BCUT2D eigenvalue weighted by Gasteiger charge is 2.16. The Kier molecular flexibility index (Phi) is 4.73. The zero-order valence-corrected chi connectivity index (χ0v) is 13.4. The second-order valence-electron chi connectivity index (χ2n) is 4.73. The van der Waals surface area contributed by atoms with Crippen LogP contribution in [-0.2, 0) is 7.05 Å². The molecule has 2 aromatic rings. The number of hydrogen-bond donors (Lipinski definition) is 1. The molecule has 0 aliphatic heterocycles. The van der Waals surface area contributed by atoms with Gasteiger partial charge in [-0.25, -0.2) is 0 Å². The number of rotatable bonds is 5. The normalized spacial score (nSPS) is 12.4. The summed E-state index contributed by atoms with van der Waals surface area (Å²) in [5.41, 5.74) is 2.21. The minimum absolute atomic E-state index is 0.225. The molecule has 1 atom stereocenters. The Hall–Kier alpha value is -1.46. The van der Waals surface area contributed by atoms with E-state index in [1.807, 2.05) is 37.8 Å². The Balaban J connectivity index is 2.43. The van der Waals surface area contributed by atoms with Gasteiger partial charge in [-0.3, -0.25) is 4.68 Å². The Morgan fingerprint density at radius 2 is 2.15 bits per heavy atom. The summed E-state index contributed by atoms with van der Waals surface area (Å²) < 4.78 is 7.42. The molecule has 1 N–H and O–H groups in total. The van der Waals surface area contributed by atoms with Crippen molar-refractivity contribution in [2.24, 2.45) is 7.05 Å². The average Bonchev–Trinajstić information content (AvgIpc) is 2.75. The van der Waals surface area contributed by atoms with Gasteiger partial charge in [0.05, 0.1) is 17.8 Å². The highest BCUT2D eigenvalue weighted by molar-refractivity contribution is 7.99. The van der Waals surface area contributed by atoms with E-state index in [0.717, 1.165) is 16.5 Å². The van der Waals surface area contributed by atoms with E-state index in [1.54, 1.807) is 18.9 Å². The second-order valence-corrected chi connectivity index (χ2v) is 5.79. The van der Waals surface area contributed by atoms with E-state index < -0.39 is 0 Å². The first-order chi connectivity index (χ1) is 9.56. The largest absolute Gasteiger partial charge is 0.496 e. The van der Waals surface area contributed by atoms with Crippen LogP contribution >= 0.6 is 11.8 Å². The number of aryl methyl sites for hydroxylation is 2. The van der Waals surface area contributed by atoms with Gasteiger partial charge in [-0.05, 0) is 39.1 Å². The van der Waals surface area contributed by atoms with Gasteiger partial charge < -0.3 is 10.1 Å². The van der Waals surface area contributed by atoms with Gasteiger partial charge in [-0.2, -0.15) is 5.10 Å². The SMILES string of the molecule is CNC(C)c1c(OC)cccc1Sc1cc(C)nn1C. The molecule has 0 bridgehead atoms. The molecule has 0 amide bonds. The van der Waals surface area contributed by atoms with Crippen molar-refractivity contribution in [3.8, 4) is 5.75 Å². The van der Waals surface area contributed by atoms with Crippen LogP contribution in [0.2, 0.25) is 0 Å². The van der Waals surface area contributed by atoms with Crippen LogP contribution in [0, 0.1) is 6.92 Å². The van der Waals surface area contributed by atoms with Crippen molar-refractivity contribution in [1.29, 1.82) is 0 Å². The van der Waals surface area contributed by atoms with Crippen molar-refractivity contribution in [3.05, 3.63) is 35.5 Å². The Bertz CT molecular complexity index is 595. The van der Waals surface area contributed by atoms with Crippen LogP contribution in [0.3, 0.4) is 0 Å². The molecule has 0 aliphatic carbocycles. The molecular formula is C15H21N3OS. The van der Waals surface area contributed by atoms with Crippen LogP contribution in [0.4, 0.5) is 0 Å². The predicted octanol–water partition coefficient (Wildman–Crippen LogP) is 3.17. The van der Waals surface area contributed by atoms with E-state index in [-0.39, 0.29) is 6.04 Å². The van der Waals surface area contributed by atoms with Crippen LogP contribution in [0.25, 0.3) is 0 Å². The number of nitrogens with zero attached hydrogens (tertiary/aromatic N) is 2. The highest BCUT2D eigenvalue weighted by atomic mass is 32.2. The number of nitrogens with one attached hydrogen (secondary N) is 1. The summed E-state index contributed by atoms with van der Waals surface area (Å²) >= 11 is 1.72. The van der Waals surface area contributed by atoms with Crippen molar-refractivity contribution < 1.29 is 4.74 Å². The number of methoxy groups -OCH3 is 1. The molecule has 0 radical (unpaired) electrons. The summed E-state index contributed by atoms with van der Waals surface area (Å²) in [4.78, 5) is 1.19. The Morgan fingerprint density at radius 1 is 1.40 bits per heavy atom. The van der Waals surface area contributed by atoms with E-state index >= 15 is 0 Å². The summed E-state index contributed by atoms with van der Waals surface area (Å²) in [6.45, 7) is 4.14. The molecule has 2 rings (SSSR count). The second kappa shape index (κ2) is 6.33. The zero-order valence-electron chi connectivity index (χ0n) is 12.6. The maximum Gasteiger partial charge on any atom is 0.124 e. The van der Waals surface area contributed by atoms with E-state index in [4.69, 9.17) is 4.74 Å². The molecule has 108 valence electrons. The van der Waals surface area contributed by atoms with Crippen LogP contribution in [0.15, 0.2) is 34.2 Å². The summed E-state index contributed by atoms with van der Waals surface area (Å²) in [5, 5.41) is 8.80. The van der Waals surface area contributed by atoms with Crippen LogP contribution in [0.1, 0.15) is 24.2 Å². The third kappa shape index (κ3) is 2.99. The fourth-order valence-corrected chi connectivity index (χ4v) is 3.32. The predicted molar refractivity (Wildman–Crippen MR) is 82.5 cm³/mol. The van der Waals surface area contributed by atoms with Crippen molar-refractivity contribution in [1.82, 2.24) is 15.1 Å². The first kappa shape index (κ1) is 14.9. The van der Waals surface area contributed by atoms with Crippen molar-refractivity contribution >= 4 is 11.8 Å².